The molecule has 1 rings (SSSR count). The van der Waals surface area contributed by atoms with Crippen molar-refractivity contribution in [2.45, 2.75) is 52.6 Å². The molecule has 98 valence electrons. The lowest BCUT2D eigenvalue weighted by molar-refractivity contribution is 0.178. The van der Waals surface area contributed by atoms with Crippen molar-refractivity contribution in [1.29, 1.82) is 0 Å². The fourth-order valence-corrected chi connectivity index (χ4v) is 2.15. The van der Waals surface area contributed by atoms with Crippen LogP contribution in [0.5, 0.6) is 0 Å². The SMILES string of the molecule is COCCC(C)n1nc(C)c(CC(C)N)c1C. The lowest BCUT2D eigenvalue weighted by Crippen LogP contribution is -2.19. The molecule has 0 saturated carbocycles. The van der Waals surface area contributed by atoms with Crippen LogP contribution < -0.4 is 5.73 Å². The van der Waals surface area contributed by atoms with Crippen molar-refractivity contribution in [3.05, 3.63) is 17.0 Å². The van der Waals surface area contributed by atoms with Crippen LogP contribution in [0, 0.1) is 13.8 Å². The fourth-order valence-electron chi connectivity index (χ4n) is 2.15. The van der Waals surface area contributed by atoms with E-state index in [-0.39, 0.29) is 6.04 Å². The van der Waals surface area contributed by atoms with Gasteiger partial charge in [-0.3, -0.25) is 4.68 Å². The maximum Gasteiger partial charge on any atom is 0.0629 e. The van der Waals surface area contributed by atoms with Gasteiger partial charge in [0.05, 0.1) is 11.7 Å². The second-order valence-electron chi connectivity index (χ2n) is 4.91. The molecule has 0 amide bonds. The van der Waals surface area contributed by atoms with E-state index in [9.17, 15) is 0 Å². The van der Waals surface area contributed by atoms with Crippen LogP contribution in [0.2, 0.25) is 0 Å². The Hall–Kier alpha value is -0.870. The molecule has 1 aromatic rings. The van der Waals surface area contributed by atoms with Gasteiger partial charge in [-0.2, -0.15) is 5.10 Å². The molecular formula is C13H25N3O. The molecule has 0 spiro atoms. The number of nitrogens with two attached hydrogens (primary N) is 1. The quantitative estimate of drug-likeness (QED) is 0.826. The third kappa shape index (κ3) is 3.54. The molecule has 0 aliphatic heterocycles. The third-order valence-corrected chi connectivity index (χ3v) is 3.16. The van der Waals surface area contributed by atoms with Gasteiger partial charge in [0.1, 0.15) is 0 Å². The summed E-state index contributed by atoms with van der Waals surface area (Å²) in [5, 5.41) is 4.62. The maximum atomic E-state index is 5.87. The predicted molar refractivity (Wildman–Crippen MR) is 70.3 cm³/mol. The van der Waals surface area contributed by atoms with E-state index in [2.05, 4.69) is 30.6 Å². The van der Waals surface area contributed by atoms with E-state index < -0.39 is 0 Å². The average Bonchev–Trinajstić information content (AvgIpc) is 2.53. The van der Waals surface area contributed by atoms with Gasteiger partial charge in [-0.1, -0.05) is 0 Å². The standard InChI is InChI=1S/C13H25N3O/c1-9(14)8-13-11(3)15-16(12(13)4)10(2)6-7-17-5/h9-10H,6-8,14H2,1-5H3. The molecule has 4 heteroatoms. The molecule has 0 aromatic carbocycles. The molecule has 4 nitrogen and oxygen atoms in total. The Morgan fingerprint density at radius 3 is 2.53 bits per heavy atom. The van der Waals surface area contributed by atoms with Gasteiger partial charge >= 0.3 is 0 Å². The van der Waals surface area contributed by atoms with E-state index in [1.807, 2.05) is 6.92 Å². The van der Waals surface area contributed by atoms with Crippen LogP contribution >= 0.6 is 0 Å². The third-order valence-electron chi connectivity index (χ3n) is 3.16. The molecule has 0 radical (unpaired) electrons. The van der Waals surface area contributed by atoms with Crippen LogP contribution in [0.1, 0.15) is 43.3 Å². The highest BCUT2D eigenvalue weighted by Crippen LogP contribution is 2.20. The van der Waals surface area contributed by atoms with Gasteiger partial charge in [-0.25, -0.2) is 0 Å². The largest absolute Gasteiger partial charge is 0.385 e. The Morgan fingerprint density at radius 2 is 2.00 bits per heavy atom. The highest BCUT2D eigenvalue weighted by atomic mass is 16.5. The van der Waals surface area contributed by atoms with E-state index in [1.165, 1.54) is 11.3 Å². The number of ether oxygens (including phenoxy) is 1. The van der Waals surface area contributed by atoms with Gasteiger partial charge in [-0.05, 0) is 46.1 Å². The summed E-state index contributed by atoms with van der Waals surface area (Å²) in [4.78, 5) is 0. The van der Waals surface area contributed by atoms with Crippen LogP contribution in [0.25, 0.3) is 0 Å². The fraction of sp³-hybridized carbons (Fsp3) is 0.769. The zero-order valence-electron chi connectivity index (χ0n) is 11.7. The summed E-state index contributed by atoms with van der Waals surface area (Å²) < 4.78 is 7.22. The van der Waals surface area contributed by atoms with Crippen LogP contribution in [0.3, 0.4) is 0 Å². The monoisotopic (exact) mass is 239 g/mol. The second-order valence-corrected chi connectivity index (χ2v) is 4.91. The van der Waals surface area contributed by atoms with Gasteiger partial charge in [0, 0.05) is 25.5 Å². The summed E-state index contributed by atoms with van der Waals surface area (Å²) in [6.07, 6.45) is 1.88. The Balaban J connectivity index is 2.87. The zero-order valence-corrected chi connectivity index (χ0v) is 11.7. The van der Waals surface area contributed by atoms with Crippen molar-refractivity contribution in [3.63, 3.8) is 0 Å². The molecule has 0 fully saturated rings. The molecule has 1 heterocycles. The average molecular weight is 239 g/mol. The van der Waals surface area contributed by atoms with Crippen LogP contribution in [0.15, 0.2) is 0 Å². The Labute approximate surface area is 104 Å². The Kier molecular flexibility index (Phi) is 5.15. The molecular weight excluding hydrogens is 214 g/mol. The molecule has 2 atom stereocenters. The Morgan fingerprint density at radius 1 is 1.35 bits per heavy atom. The first-order valence-corrected chi connectivity index (χ1v) is 6.26. The zero-order chi connectivity index (χ0) is 13.0. The molecule has 1 aromatic heterocycles. The lowest BCUT2D eigenvalue weighted by atomic mass is 10.1. The van der Waals surface area contributed by atoms with Gasteiger partial charge in [-0.15, -0.1) is 0 Å². The molecule has 2 unspecified atom stereocenters. The van der Waals surface area contributed by atoms with Gasteiger partial charge < -0.3 is 10.5 Å². The smallest absolute Gasteiger partial charge is 0.0629 e. The van der Waals surface area contributed by atoms with E-state index in [4.69, 9.17) is 10.5 Å². The van der Waals surface area contributed by atoms with Crippen molar-refractivity contribution in [1.82, 2.24) is 9.78 Å². The normalized spacial score (nSPS) is 14.9. The van der Waals surface area contributed by atoms with E-state index in [0.29, 0.717) is 6.04 Å². The number of aryl methyl sites for hydroxylation is 1. The van der Waals surface area contributed by atoms with Crippen molar-refractivity contribution < 1.29 is 4.74 Å². The second kappa shape index (κ2) is 6.17. The molecule has 0 bridgehead atoms. The number of nitrogens with zero attached hydrogens (tertiary/aromatic N) is 2. The summed E-state index contributed by atoms with van der Waals surface area (Å²) in [6, 6.07) is 0.551. The highest BCUT2D eigenvalue weighted by molar-refractivity contribution is 5.25. The Bertz CT molecular complexity index is 358. The summed E-state index contributed by atoms with van der Waals surface area (Å²) in [5.41, 5.74) is 9.51. The minimum absolute atomic E-state index is 0.180. The van der Waals surface area contributed by atoms with Gasteiger partial charge in [0.25, 0.3) is 0 Å². The van der Waals surface area contributed by atoms with Crippen LogP contribution in [-0.4, -0.2) is 29.5 Å². The maximum absolute atomic E-state index is 5.87. The van der Waals surface area contributed by atoms with Gasteiger partial charge in [0.2, 0.25) is 0 Å². The topological polar surface area (TPSA) is 53.1 Å². The molecule has 2 N–H and O–H groups in total. The first-order valence-electron chi connectivity index (χ1n) is 6.26. The van der Waals surface area contributed by atoms with E-state index >= 15 is 0 Å². The molecule has 0 aliphatic carbocycles. The van der Waals surface area contributed by atoms with E-state index in [0.717, 1.165) is 25.1 Å². The van der Waals surface area contributed by atoms with Gasteiger partial charge in [0.15, 0.2) is 0 Å². The number of rotatable bonds is 6. The van der Waals surface area contributed by atoms with Crippen molar-refractivity contribution >= 4 is 0 Å². The number of methoxy groups -OCH3 is 1. The number of hydrogen-bond acceptors (Lipinski definition) is 3. The minimum atomic E-state index is 0.180. The van der Waals surface area contributed by atoms with Crippen molar-refractivity contribution in [2.24, 2.45) is 5.73 Å². The summed E-state index contributed by atoms with van der Waals surface area (Å²) in [7, 11) is 1.73. The molecule has 0 saturated heterocycles. The van der Waals surface area contributed by atoms with Crippen LogP contribution in [0.4, 0.5) is 0 Å². The minimum Gasteiger partial charge on any atom is -0.385 e. The first kappa shape index (κ1) is 14.2. The summed E-state index contributed by atoms with van der Waals surface area (Å²) >= 11 is 0. The first-order chi connectivity index (χ1) is 7.97. The summed E-state index contributed by atoms with van der Waals surface area (Å²) in [5.74, 6) is 0. The van der Waals surface area contributed by atoms with E-state index in [1.54, 1.807) is 7.11 Å². The molecule has 17 heavy (non-hydrogen) atoms. The van der Waals surface area contributed by atoms with Crippen LogP contribution in [-0.2, 0) is 11.2 Å². The highest BCUT2D eigenvalue weighted by Gasteiger charge is 2.16. The van der Waals surface area contributed by atoms with Crippen molar-refractivity contribution in [2.75, 3.05) is 13.7 Å². The lowest BCUT2D eigenvalue weighted by Gasteiger charge is -2.14. The summed E-state index contributed by atoms with van der Waals surface area (Å²) in [6.45, 7) is 9.16. The number of hydrogen-bond donors (Lipinski definition) is 1. The van der Waals surface area contributed by atoms with Crippen molar-refractivity contribution in [3.8, 4) is 0 Å². The number of aromatic nitrogens is 2. The molecule has 0 aliphatic rings. The predicted octanol–water partition coefficient (Wildman–Crippen LogP) is 1.99.